The lowest BCUT2D eigenvalue weighted by atomic mass is 9.67. The number of carbonyl (C=O) groups excluding carboxylic acids is 2. The molecule has 0 aromatic heterocycles. The maximum atomic E-state index is 12.6. The molecule has 0 aliphatic carbocycles. The van der Waals surface area contributed by atoms with Crippen molar-refractivity contribution in [3.8, 4) is 6.07 Å². The fraction of sp³-hybridized carbons (Fsp3) is 0.211. The van der Waals surface area contributed by atoms with E-state index in [0.717, 1.165) is 0 Å². The van der Waals surface area contributed by atoms with Gasteiger partial charge in [-0.05, 0) is 17.7 Å². The molecule has 0 spiro atoms. The summed E-state index contributed by atoms with van der Waals surface area (Å²) in [5.74, 6) is -5.01. The van der Waals surface area contributed by atoms with Crippen LogP contribution in [-0.4, -0.2) is 16.9 Å². The molecular weight excluding hydrogens is 354 g/mol. The maximum absolute atomic E-state index is 12.6. The van der Waals surface area contributed by atoms with Gasteiger partial charge in [-0.1, -0.05) is 54.1 Å². The summed E-state index contributed by atoms with van der Waals surface area (Å²) in [6, 6.07) is 16.9. The van der Waals surface area contributed by atoms with E-state index < -0.39 is 35.3 Å². The molecule has 1 aliphatic heterocycles. The third-order valence-corrected chi connectivity index (χ3v) is 4.89. The number of piperidine rings is 1. The van der Waals surface area contributed by atoms with Gasteiger partial charge < -0.3 is 16.2 Å². The number of hydrogen-bond donors (Lipinski definition) is 3. The Labute approximate surface area is 155 Å². The minimum absolute atomic E-state index is 0.342. The second-order valence-electron chi connectivity index (χ2n) is 6.19. The topological polar surface area (TPSA) is 116 Å². The highest BCUT2D eigenvalue weighted by Crippen LogP contribution is 2.45. The van der Waals surface area contributed by atoms with Crippen molar-refractivity contribution in [3.63, 3.8) is 0 Å². The van der Waals surface area contributed by atoms with Gasteiger partial charge in [0.2, 0.25) is 11.8 Å². The normalized spacial score (nSPS) is 28.0. The molecule has 6 nitrogen and oxygen atoms in total. The second kappa shape index (κ2) is 6.79. The average Bonchev–Trinajstić information content (AvgIpc) is 2.61. The molecule has 26 heavy (non-hydrogen) atoms. The van der Waals surface area contributed by atoms with Crippen LogP contribution >= 0.6 is 11.6 Å². The molecule has 1 aliphatic rings. The highest BCUT2D eigenvalue weighted by Gasteiger charge is 2.55. The molecule has 1 heterocycles. The van der Waals surface area contributed by atoms with Crippen LogP contribution in [0.1, 0.15) is 17.0 Å². The summed E-state index contributed by atoms with van der Waals surface area (Å²) in [5.41, 5.74) is 4.30. The molecule has 0 unspecified atom stereocenters. The molecule has 2 aromatic carbocycles. The van der Waals surface area contributed by atoms with Gasteiger partial charge in [0.25, 0.3) is 0 Å². The summed E-state index contributed by atoms with van der Waals surface area (Å²) in [5, 5.41) is 23.9. The van der Waals surface area contributed by atoms with Crippen LogP contribution in [0.25, 0.3) is 0 Å². The number of hydrogen-bond acceptors (Lipinski definition) is 4. The van der Waals surface area contributed by atoms with Crippen molar-refractivity contribution in [2.45, 2.75) is 11.6 Å². The number of nitrogens with one attached hydrogen (secondary N) is 1. The van der Waals surface area contributed by atoms with Gasteiger partial charge in [0.15, 0.2) is 5.72 Å². The number of carbonyl (C=O) groups is 2. The number of aliphatic hydroxyl groups is 1. The van der Waals surface area contributed by atoms with Crippen LogP contribution < -0.4 is 11.1 Å². The molecule has 1 saturated heterocycles. The van der Waals surface area contributed by atoms with Crippen LogP contribution in [0, 0.1) is 23.2 Å². The van der Waals surface area contributed by atoms with E-state index in [1.165, 1.54) is 0 Å². The molecule has 132 valence electrons. The number of nitrogens with zero attached hydrogens (tertiary/aromatic N) is 1. The van der Waals surface area contributed by atoms with Gasteiger partial charge in [0, 0.05) is 16.5 Å². The fourth-order valence-electron chi connectivity index (χ4n) is 3.48. The lowest BCUT2D eigenvalue weighted by Crippen LogP contribution is -2.62. The van der Waals surface area contributed by atoms with E-state index in [1.807, 2.05) is 0 Å². The molecular formula is C19H16ClN3O3. The van der Waals surface area contributed by atoms with Crippen molar-refractivity contribution < 1.29 is 14.7 Å². The third-order valence-electron chi connectivity index (χ3n) is 4.66. The Morgan fingerprint density at radius 1 is 1.23 bits per heavy atom. The van der Waals surface area contributed by atoms with Crippen LogP contribution in [0.5, 0.6) is 0 Å². The van der Waals surface area contributed by atoms with Gasteiger partial charge in [-0.15, -0.1) is 0 Å². The summed E-state index contributed by atoms with van der Waals surface area (Å²) in [6.45, 7) is 0. The second-order valence-corrected chi connectivity index (χ2v) is 6.63. The number of rotatable bonds is 3. The molecule has 0 saturated carbocycles. The Bertz CT molecular complexity index is 896. The number of benzene rings is 2. The van der Waals surface area contributed by atoms with Gasteiger partial charge in [-0.3, -0.25) is 9.59 Å². The van der Waals surface area contributed by atoms with Crippen molar-refractivity contribution >= 4 is 23.4 Å². The molecule has 7 heteroatoms. The van der Waals surface area contributed by atoms with Crippen LogP contribution in [-0.2, 0) is 15.3 Å². The first-order valence-corrected chi connectivity index (χ1v) is 8.30. The first kappa shape index (κ1) is 17.9. The van der Waals surface area contributed by atoms with E-state index in [9.17, 15) is 20.0 Å². The quantitative estimate of drug-likeness (QED) is 0.713. The van der Waals surface area contributed by atoms with Crippen LogP contribution in [0.15, 0.2) is 54.6 Å². The first-order valence-electron chi connectivity index (χ1n) is 7.93. The molecule has 4 N–H and O–H groups in total. The van der Waals surface area contributed by atoms with Crippen LogP contribution in [0.2, 0.25) is 5.02 Å². The fourth-order valence-corrected chi connectivity index (χ4v) is 3.68. The van der Waals surface area contributed by atoms with Crippen molar-refractivity contribution in [3.05, 3.63) is 70.7 Å². The zero-order valence-corrected chi connectivity index (χ0v) is 14.4. The van der Waals surface area contributed by atoms with Crippen LogP contribution in [0.4, 0.5) is 0 Å². The highest BCUT2D eigenvalue weighted by atomic mass is 35.5. The van der Waals surface area contributed by atoms with Gasteiger partial charge >= 0.3 is 0 Å². The zero-order valence-electron chi connectivity index (χ0n) is 13.6. The third kappa shape index (κ3) is 2.92. The van der Waals surface area contributed by atoms with Gasteiger partial charge in [-0.25, -0.2) is 0 Å². The molecule has 2 aromatic rings. The van der Waals surface area contributed by atoms with Gasteiger partial charge in [0.05, 0.1) is 6.07 Å². The average molecular weight is 370 g/mol. The molecule has 1 fully saturated rings. The Kier molecular flexibility index (Phi) is 4.68. The molecule has 4 atom stereocenters. The van der Waals surface area contributed by atoms with Crippen molar-refractivity contribution in [2.75, 3.05) is 0 Å². The highest BCUT2D eigenvalue weighted by molar-refractivity contribution is 6.30. The van der Waals surface area contributed by atoms with Crippen molar-refractivity contribution in [1.29, 1.82) is 5.26 Å². The Balaban J connectivity index is 2.20. The number of halogens is 1. The lowest BCUT2D eigenvalue weighted by Gasteiger charge is -2.44. The van der Waals surface area contributed by atoms with Gasteiger partial charge in [-0.2, -0.15) is 5.26 Å². The monoisotopic (exact) mass is 369 g/mol. The van der Waals surface area contributed by atoms with Crippen LogP contribution in [0.3, 0.4) is 0 Å². The van der Waals surface area contributed by atoms with E-state index >= 15 is 0 Å². The van der Waals surface area contributed by atoms with E-state index in [-0.39, 0.29) is 0 Å². The number of nitriles is 1. The molecule has 0 radical (unpaired) electrons. The van der Waals surface area contributed by atoms with E-state index in [4.69, 9.17) is 17.3 Å². The summed E-state index contributed by atoms with van der Waals surface area (Å²) in [4.78, 5) is 24.6. The smallest absolute Gasteiger partial charge is 0.235 e. The summed E-state index contributed by atoms with van der Waals surface area (Å²) < 4.78 is 0. The van der Waals surface area contributed by atoms with E-state index in [1.54, 1.807) is 54.6 Å². The SMILES string of the molecule is N#C[C@@H]1[C@H](c2cccc(Cl)c2)[C@H](C(N)=O)C(=O)N[C@]1(O)c1ccccc1. The zero-order chi connectivity index (χ0) is 18.9. The number of primary amides is 1. The predicted octanol–water partition coefficient (Wildman–Crippen LogP) is 1.64. The molecule has 0 bridgehead atoms. The maximum Gasteiger partial charge on any atom is 0.235 e. The van der Waals surface area contributed by atoms with Crippen molar-refractivity contribution in [2.24, 2.45) is 17.6 Å². The Morgan fingerprint density at radius 3 is 2.50 bits per heavy atom. The standard InChI is InChI=1S/C19H16ClN3O3/c20-13-8-4-5-11(9-13)15-14(10-21)19(26,12-6-2-1-3-7-12)23-18(25)16(15)17(22)24/h1-9,14-16,26H,(H2,22,24)(H,23,25)/t14-,15+,16-,19+/m1/s1. The molecule has 2 amide bonds. The number of amides is 2. The summed E-state index contributed by atoms with van der Waals surface area (Å²) in [7, 11) is 0. The summed E-state index contributed by atoms with van der Waals surface area (Å²) >= 11 is 6.04. The van der Waals surface area contributed by atoms with E-state index in [2.05, 4.69) is 11.4 Å². The minimum atomic E-state index is -1.97. The van der Waals surface area contributed by atoms with Gasteiger partial charge in [0.1, 0.15) is 11.8 Å². The minimum Gasteiger partial charge on any atom is -0.369 e. The largest absolute Gasteiger partial charge is 0.369 e. The van der Waals surface area contributed by atoms with Crippen molar-refractivity contribution in [1.82, 2.24) is 5.32 Å². The Hall–Kier alpha value is -2.88. The summed E-state index contributed by atoms with van der Waals surface area (Å²) in [6.07, 6.45) is 0. The first-order chi connectivity index (χ1) is 12.4. The predicted molar refractivity (Wildman–Crippen MR) is 94.5 cm³/mol. The Morgan fingerprint density at radius 2 is 1.92 bits per heavy atom. The molecule has 3 rings (SSSR count). The number of nitrogens with two attached hydrogens (primary N) is 1. The van der Waals surface area contributed by atoms with E-state index in [0.29, 0.717) is 16.1 Å². The lowest BCUT2D eigenvalue weighted by molar-refractivity contribution is -0.153.